The molecule has 1 heterocycles. The molecule has 0 spiro atoms. The first-order valence-corrected chi connectivity index (χ1v) is 5.29. The molecular weight excluding hydrogens is 198 g/mol. The van der Waals surface area contributed by atoms with Crippen LogP contribution in [0.4, 0.5) is 0 Å². The smallest absolute Gasteiger partial charge is 0.0633 e. The van der Waals surface area contributed by atoms with E-state index in [9.17, 15) is 5.11 Å². The van der Waals surface area contributed by atoms with Gasteiger partial charge in [-0.05, 0) is 30.7 Å². The third kappa shape index (κ3) is 2.08. The number of piperidine rings is 1. The zero-order valence-corrected chi connectivity index (χ0v) is 8.67. The Morgan fingerprint density at radius 3 is 2.64 bits per heavy atom. The molecule has 0 bridgehead atoms. The van der Waals surface area contributed by atoms with E-state index in [0.717, 1.165) is 30.1 Å². The number of hydrogen-bond acceptors (Lipinski definition) is 2. The number of rotatable bonds is 1. The molecule has 1 aromatic carbocycles. The largest absolute Gasteiger partial charge is 0.392 e. The maximum atomic E-state index is 9.82. The quantitative estimate of drug-likeness (QED) is 0.742. The van der Waals surface area contributed by atoms with Gasteiger partial charge in [-0.2, -0.15) is 0 Å². The van der Waals surface area contributed by atoms with Gasteiger partial charge in [0, 0.05) is 17.5 Å². The van der Waals surface area contributed by atoms with Crippen molar-refractivity contribution in [2.24, 2.45) is 0 Å². The van der Waals surface area contributed by atoms with E-state index in [1.165, 1.54) is 0 Å². The normalized spacial score (nSPS) is 27.6. The van der Waals surface area contributed by atoms with Crippen LogP contribution in [0.25, 0.3) is 0 Å². The molecule has 1 aliphatic heterocycles. The lowest BCUT2D eigenvalue weighted by molar-refractivity contribution is 0.114. The van der Waals surface area contributed by atoms with Crippen molar-refractivity contribution in [2.75, 3.05) is 13.1 Å². The zero-order valence-electron chi connectivity index (χ0n) is 7.91. The molecule has 0 radical (unpaired) electrons. The van der Waals surface area contributed by atoms with Crippen LogP contribution in [0.5, 0.6) is 0 Å². The lowest BCUT2D eigenvalue weighted by atomic mass is 9.89. The third-order valence-electron chi connectivity index (χ3n) is 2.74. The van der Waals surface area contributed by atoms with Crippen LogP contribution in [0, 0.1) is 0 Å². The van der Waals surface area contributed by atoms with Crippen molar-refractivity contribution in [1.82, 2.24) is 5.32 Å². The SMILES string of the molecule is OC1CCNCC1c1ccc(Cl)cc1. The fourth-order valence-electron chi connectivity index (χ4n) is 1.89. The summed E-state index contributed by atoms with van der Waals surface area (Å²) < 4.78 is 0. The van der Waals surface area contributed by atoms with Crippen molar-refractivity contribution >= 4 is 11.6 Å². The summed E-state index contributed by atoms with van der Waals surface area (Å²) in [6.07, 6.45) is 0.602. The minimum absolute atomic E-state index is 0.209. The monoisotopic (exact) mass is 211 g/mol. The summed E-state index contributed by atoms with van der Waals surface area (Å²) in [6, 6.07) is 7.73. The second-order valence-electron chi connectivity index (χ2n) is 3.72. The first-order valence-electron chi connectivity index (χ1n) is 4.91. The lowest BCUT2D eigenvalue weighted by Crippen LogP contribution is -2.38. The number of aliphatic hydroxyl groups excluding tert-OH is 1. The van der Waals surface area contributed by atoms with Gasteiger partial charge in [-0.1, -0.05) is 23.7 Å². The predicted molar refractivity (Wildman–Crippen MR) is 57.7 cm³/mol. The number of nitrogens with one attached hydrogen (secondary N) is 1. The summed E-state index contributed by atoms with van der Waals surface area (Å²) in [4.78, 5) is 0. The van der Waals surface area contributed by atoms with Crippen LogP contribution in [0.15, 0.2) is 24.3 Å². The molecule has 2 rings (SSSR count). The molecule has 2 N–H and O–H groups in total. The highest BCUT2D eigenvalue weighted by molar-refractivity contribution is 6.30. The molecular formula is C11H14ClNO. The van der Waals surface area contributed by atoms with Gasteiger partial charge in [-0.3, -0.25) is 0 Å². The minimum atomic E-state index is -0.225. The van der Waals surface area contributed by atoms with Crippen molar-refractivity contribution in [3.05, 3.63) is 34.9 Å². The molecule has 1 aliphatic rings. The molecule has 0 aliphatic carbocycles. The van der Waals surface area contributed by atoms with Crippen LogP contribution in [0.1, 0.15) is 17.9 Å². The third-order valence-corrected chi connectivity index (χ3v) is 3.00. The summed E-state index contributed by atoms with van der Waals surface area (Å²) in [7, 11) is 0. The molecule has 76 valence electrons. The number of benzene rings is 1. The van der Waals surface area contributed by atoms with Crippen molar-refractivity contribution in [3.63, 3.8) is 0 Å². The summed E-state index contributed by atoms with van der Waals surface area (Å²) >= 11 is 5.81. The van der Waals surface area contributed by atoms with E-state index < -0.39 is 0 Å². The van der Waals surface area contributed by atoms with E-state index in [0.29, 0.717) is 0 Å². The van der Waals surface area contributed by atoms with Gasteiger partial charge in [0.15, 0.2) is 0 Å². The fraction of sp³-hybridized carbons (Fsp3) is 0.455. The fourth-order valence-corrected chi connectivity index (χ4v) is 2.02. The second kappa shape index (κ2) is 4.30. The highest BCUT2D eigenvalue weighted by Gasteiger charge is 2.23. The van der Waals surface area contributed by atoms with E-state index in [1.54, 1.807) is 0 Å². The standard InChI is InChI=1S/C11H14ClNO/c12-9-3-1-8(2-4-9)10-7-13-6-5-11(10)14/h1-4,10-11,13-14H,5-7H2. The molecule has 1 saturated heterocycles. The van der Waals surface area contributed by atoms with E-state index in [1.807, 2.05) is 24.3 Å². The van der Waals surface area contributed by atoms with Gasteiger partial charge in [0.25, 0.3) is 0 Å². The van der Waals surface area contributed by atoms with Crippen molar-refractivity contribution in [2.45, 2.75) is 18.4 Å². The van der Waals surface area contributed by atoms with Gasteiger partial charge in [0.05, 0.1) is 6.10 Å². The molecule has 0 saturated carbocycles. The van der Waals surface area contributed by atoms with Gasteiger partial charge in [0.1, 0.15) is 0 Å². The minimum Gasteiger partial charge on any atom is -0.392 e. The highest BCUT2D eigenvalue weighted by atomic mass is 35.5. The molecule has 2 unspecified atom stereocenters. The second-order valence-corrected chi connectivity index (χ2v) is 4.15. The Hall–Kier alpha value is -0.570. The van der Waals surface area contributed by atoms with Crippen LogP contribution in [-0.4, -0.2) is 24.3 Å². The van der Waals surface area contributed by atoms with Gasteiger partial charge in [0.2, 0.25) is 0 Å². The lowest BCUT2D eigenvalue weighted by Gasteiger charge is -2.28. The Balaban J connectivity index is 2.16. The Morgan fingerprint density at radius 2 is 2.00 bits per heavy atom. The van der Waals surface area contributed by atoms with Crippen LogP contribution in [0.3, 0.4) is 0 Å². The zero-order chi connectivity index (χ0) is 9.97. The summed E-state index contributed by atoms with van der Waals surface area (Å²) in [5, 5.41) is 13.8. The summed E-state index contributed by atoms with van der Waals surface area (Å²) in [5.41, 5.74) is 1.16. The van der Waals surface area contributed by atoms with Gasteiger partial charge >= 0.3 is 0 Å². The van der Waals surface area contributed by atoms with E-state index >= 15 is 0 Å². The van der Waals surface area contributed by atoms with E-state index in [-0.39, 0.29) is 12.0 Å². The molecule has 14 heavy (non-hydrogen) atoms. The number of halogens is 1. The highest BCUT2D eigenvalue weighted by Crippen LogP contribution is 2.24. The molecule has 3 heteroatoms. The molecule has 1 fully saturated rings. The Bertz CT molecular complexity index is 299. The molecule has 2 atom stereocenters. The first kappa shape index (κ1) is 9.97. The number of hydrogen-bond donors (Lipinski definition) is 2. The Kier molecular flexibility index (Phi) is 3.06. The molecule has 1 aromatic rings. The molecule has 2 nitrogen and oxygen atoms in total. The first-order chi connectivity index (χ1) is 6.77. The summed E-state index contributed by atoms with van der Waals surface area (Å²) in [5.74, 6) is 0.209. The van der Waals surface area contributed by atoms with Gasteiger partial charge in [-0.15, -0.1) is 0 Å². The van der Waals surface area contributed by atoms with Gasteiger partial charge in [-0.25, -0.2) is 0 Å². The van der Waals surface area contributed by atoms with E-state index in [2.05, 4.69) is 5.32 Å². The predicted octanol–water partition coefficient (Wildman–Crippen LogP) is 1.78. The van der Waals surface area contributed by atoms with Crippen LogP contribution in [0.2, 0.25) is 5.02 Å². The molecule has 0 aromatic heterocycles. The van der Waals surface area contributed by atoms with Crippen LogP contribution in [-0.2, 0) is 0 Å². The Morgan fingerprint density at radius 1 is 1.29 bits per heavy atom. The Labute approximate surface area is 88.9 Å². The average Bonchev–Trinajstić information content (AvgIpc) is 2.20. The molecule has 0 amide bonds. The maximum Gasteiger partial charge on any atom is 0.0633 e. The van der Waals surface area contributed by atoms with Crippen molar-refractivity contribution in [1.29, 1.82) is 0 Å². The van der Waals surface area contributed by atoms with Crippen molar-refractivity contribution in [3.8, 4) is 0 Å². The maximum absolute atomic E-state index is 9.82. The summed E-state index contributed by atoms with van der Waals surface area (Å²) in [6.45, 7) is 1.76. The van der Waals surface area contributed by atoms with Crippen molar-refractivity contribution < 1.29 is 5.11 Å². The average molecular weight is 212 g/mol. The van der Waals surface area contributed by atoms with Crippen LogP contribution < -0.4 is 5.32 Å². The van der Waals surface area contributed by atoms with Crippen LogP contribution >= 0.6 is 11.6 Å². The topological polar surface area (TPSA) is 32.3 Å². The van der Waals surface area contributed by atoms with Gasteiger partial charge < -0.3 is 10.4 Å². The van der Waals surface area contributed by atoms with E-state index in [4.69, 9.17) is 11.6 Å². The number of aliphatic hydroxyl groups is 1.